The van der Waals surface area contributed by atoms with E-state index in [0.717, 1.165) is 22.6 Å². The molecule has 2 aromatic rings. The van der Waals surface area contributed by atoms with E-state index in [0.29, 0.717) is 44.0 Å². The Morgan fingerprint density at radius 2 is 1.97 bits per heavy atom. The summed E-state index contributed by atoms with van der Waals surface area (Å²) in [6.07, 6.45) is 1.59. The zero-order chi connectivity index (χ0) is 22.7. The lowest BCUT2D eigenvalue weighted by molar-refractivity contribution is 0.0778. The topological polar surface area (TPSA) is 83.4 Å². The molecule has 8 heteroatoms. The minimum absolute atomic E-state index is 0.169. The number of piperidine rings is 1. The van der Waals surface area contributed by atoms with Crippen LogP contribution in [0.15, 0.2) is 47.5 Å². The second-order valence-electron chi connectivity index (χ2n) is 8.11. The molecular formula is C24H28ClN3O4. The first kappa shape index (κ1) is 22.4. The molecule has 1 atom stereocenters. The van der Waals surface area contributed by atoms with Gasteiger partial charge in [-0.1, -0.05) is 11.6 Å². The molecule has 0 bridgehead atoms. The molecule has 2 aliphatic heterocycles. The van der Waals surface area contributed by atoms with Crippen LogP contribution in [0.4, 0.5) is 4.79 Å². The largest absolute Gasteiger partial charge is 0.508 e. The van der Waals surface area contributed by atoms with Crippen molar-refractivity contribution in [1.82, 2.24) is 10.2 Å². The first-order valence-electron chi connectivity index (χ1n) is 10.8. The smallest absolute Gasteiger partial charge is 0.409 e. The SMILES string of the molecule is CCOC(=O)N1CCC2(CC1)N=C(c1ccc(OC)cc1)CC(c1cc(Cl)ccc1O)N2. The zero-order valence-corrected chi connectivity index (χ0v) is 19.1. The molecule has 1 fully saturated rings. The van der Waals surface area contributed by atoms with Crippen molar-refractivity contribution in [1.29, 1.82) is 0 Å². The van der Waals surface area contributed by atoms with Crippen LogP contribution in [-0.2, 0) is 4.74 Å². The number of ether oxygens (including phenoxy) is 2. The van der Waals surface area contributed by atoms with Gasteiger partial charge in [0.2, 0.25) is 0 Å². The number of nitrogens with zero attached hydrogens (tertiary/aromatic N) is 2. The number of hydrogen-bond acceptors (Lipinski definition) is 6. The van der Waals surface area contributed by atoms with E-state index in [1.807, 2.05) is 24.3 Å². The highest BCUT2D eigenvalue weighted by molar-refractivity contribution is 6.30. The molecule has 2 heterocycles. The number of amides is 1. The number of methoxy groups -OCH3 is 1. The molecular weight excluding hydrogens is 430 g/mol. The number of hydrogen-bond donors (Lipinski definition) is 2. The van der Waals surface area contributed by atoms with Crippen LogP contribution >= 0.6 is 11.6 Å². The molecule has 1 amide bonds. The van der Waals surface area contributed by atoms with Gasteiger partial charge in [-0.2, -0.15) is 0 Å². The molecule has 0 aliphatic carbocycles. The fourth-order valence-corrected chi connectivity index (χ4v) is 4.57. The average molecular weight is 458 g/mol. The lowest BCUT2D eigenvalue weighted by Crippen LogP contribution is -2.56. The Bertz CT molecular complexity index is 1000. The van der Waals surface area contributed by atoms with Crippen molar-refractivity contribution in [3.8, 4) is 11.5 Å². The van der Waals surface area contributed by atoms with Crippen molar-refractivity contribution in [2.45, 2.75) is 37.9 Å². The normalized spacial score (nSPS) is 20.0. The van der Waals surface area contributed by atoms with Gasteiger partial charge < -0.3 is 19.5 Å². The molecule has 0 radical (unpaired) electrons. The average Bonchev–Trinajstić information content (AvgIpc) is 2.81. The van der Waals surface area contributed by atoms with Crippen LogP contribution in [0.1, 0.15) is 43.4 Å². The third kappa shape index (κ3) is 4.69. The Morgan fingerprint density at radius 1 is 1.25 bits per heavy atom. The second-order valence-corrected chi connectivity index (χ2v) is 8.55. The Labute approximate surface area is 193 Å². The van der Waals surface area contributed by atoms with Crippen LogP contribution < -0.4 is 10.1 Å². The van der Waals surface area contributed by atoms with Crippen molar-refractivity contribution in [3.63, 3.8) is 0 Å². The summed E-state index contributed by atoms with van der Waals surface area (Å²) in [5.41, 5.74) is 2.15. The Balaban J connectivity index is 1.66. The van der Waals surface area contributed by atoms with Gasteiger partial charge in [0.05, 0.1) is 13.7 Å². The molecule has 1 spiro atoms. The first-order valence-corrected chi connectivity index (χ1v) is 11.2. The van der Waals surface area contributed by atoms with Crippen molar-refractivity contribution in [3.05, 3.63) is 58.6 Å². The maximum absolute atomic E-state index is 12.2. The number of carbonyl (C=O) groups is 1. The molecule has 2 N–H and O–H groups in total. The van der Waals surface area contributed by atoms with E-state index in [-0.39, 0.29) is 17.9 Å². The highest BCUT2D eigenvalue weighted by atomic mass is 35.5. The fraction of sp³-hybridized carbons (Fsp3) is 0.417. The van der Waals surface area contributed by atoms with Gasteiger partial charge in [-0.15, -0.1) is 0 Å². The molecule has 7 nitrogen and oxygen atoms in total. The van der Waals surface area contributed by atoms with Crippen LogP contribution in [0.2, 0.25) is 5.02 Å². The quantitative estimate of drug-likeness (QED) is 0.704. The monoisotopic (exact) mass is 457 g/mol. The molecule has 1 saturated heterocycles. The molecule has 32 heavy (non-hydrogen) atoms. The van der Waals surface area contributed by atoms with E-state index in [2.05, 4.69) is 5.32 Å². The zero-order valence-electron chi connectivity index (χ0n) is 18.3. The van der Waals surface area contributed by atoms with Crippen LogP contribution in [0.5, 0.6) is 11.5 Å². The van der Waals surface area contributed by atoms with Crippen LogP contribution in [0.3, 0.4) is 0 Å². The summed E-state index contributed by atoms with van der Waals surface area (Å²) in [7, 11) is 1.64. The van der Waals surface area contributed by atoms with Crippen LogP contribution in [0, 0.1) is 0 Å². The Kier molecular flexibility index (Phi) is 6.58. The van der Waals surface area contributed by atoms with Crippen molar-refractivity contribution < 1.29 is 19.4 Å². The van der Waals surface area contributed by atoms with Gasteiger partial charge >= 0.3 is 6.09 Å². The second kappa shape index (κ2) is 9.38. The van der Waals surface area contributed by atoms with E-state index >= 15 is 0 Å². The van der Waals surface area contributed by atoms with Gasteiger partial charge in [0, 0.05) is 54.7 Å². The van der Waals surface area contributed by atoms with E-state index < -0.39 is 5.66 Å². The summed E-state index contributed by atoms with van der Waals surface area (Å²) in [5, 5.41) is 14.8. The van der Waals surface area contributed by atoms with E-state index in [9.17, 15) is 9.90 Å². The summed E-state index contributed by atoms with van der Waals surface area (Å²) in [5.74, 6) is 0.978. The lowest BCUT2D eigenvalue weighted by Gasteiger charge is -2.45. The number of aliphatic imine (C=N–C) groups is 1. The van der Waals surface area contributed by atoms with Gasteiger partial charge in [-0.3, -0.25) is 10.3 Å². The Morgan fingerprint density at radius 3 is 2.62 bits per heavy atom. The number of benzene rings is 2. The van der Waals surface area contributed by atoms with Crippen molar-refractivity contribution >= 4 is 23.4 Å². The highest BCUT2D eigenvalue weighted by Gasteiger charge is 2.41. The standard InChI is InChI=1S/C24H28ClN3O4/c1-3-32-23(30)28-12-10-24(11-13-28)26-20(16-4-7-18(31-2)8-5-16)15-21(27-24)19-14-17(25)6-9-22(19)29/h4-9,14,21,27,29H,3,10-13,15H2,1-2H3. The van der Waals surface area contributed by atoms with Gasteiger partial charge in [0.1, 0.15) is 17.2 Å². The molecule has 2 aliphatic rings. The number of rotatable bonds is 4. The van der Waals surface area contributed by atoms with E-state index in [1.54, 1.807) is 37.1 Å². The maximum Gasteiger partial charge on any atom is 0.409 e. The summed E-state index contributed by atoms with van der Waals surface area (Å²) in [6.45, 7) is 3.24. The van der Waals surface area contributed by atoms with Gasteiger partial charge in [-0.25, -0.2) is 4.79 Å². The fourth-order valence-electron chi connectivity index (χ4n) is 4.39. The number of phenolic OH excluding ortho intramolecular Hbond substituents is 1. The number of halogens is 1. The highest BCUT2D eigenvalue weighted by Crippen LogP contribution is 2.38. The van der Waals surface area contributed by atoms with E-state index in [1.165, 1.54) is 0 Å². The molecule has 2 aromatic carbocycles. The van der Waals surface area contributed by atoms with E-state index in [4.69, 9.17) is 26.1 Å². The first-order chi connectivity index (χ1) is 15.4. The van der Waals surface area contributed by atoms with Crippen LogP contribution in [-0.4, -0.2) is 54.3 Å². The molecule has 170 valence electrons. The van der Waals surface area contributed by atoms with Crippen molar-refractivity contribution in [2.75, 3.05) is 26.8 Å². The predicted molar refractivity (Wildman–Crippen MR) is 124 cm³/mol. The summed E-state index contributed by atoms with van der Waals surface area (Å²) >= 11 is 6.24. The van der Waals surface area contributed by atoms with Crippen LogP contribution in [0.25, 0.3) is 0 Å². The number of aromatic hydroxyl groups is 1. The summed E-state index contributed by atoms with van der Waals surface area (Å²) < 4.78 is 10.5. The molecule has 4 rings (SSSR count). The number of nitrogens with one attached hydrogen (secondary N) is 1. The number of carbonyl (C=O) groups excluding carboxylic acids is 1. The Hall–Kier alpha value is -2.77. The third-order valence-corrected chi connectivity index (χ3v) is 6.33. The predicted octanol–water partition coefficient (Wildman–Crippen LogP) is 4.53. The van der Waals surface area contributed by atoms with Gasteiger partial charge in [0.15, 0.2) is 0 Å². The minimum atomic E-state index is -0.546. The van der Waals surface area contributed by atoms with Crippen molar-refractivity contribution in [2.24, 2.45) is 4.99 Å². The van der Waals surface area contributed by atoms with Gasteiger partial charge in [-0.05, 0) is 55.0 Å². The number of phenols is 1. The summed E-state index contributed by atoms with van der Waals surface area (Å²) in [6, 6.07) is 12.8. The minimum Gasteiger partial charge on any atom is -0.508 e. The molecule has 0 aromatic heterocycles. The number of likely N-dealkylation sites (tertiary alicyclic amines) is 1. The molecule has 0 saturated carbocycles. The summed E-state index contributed by atoms with van der Waals surface area (Å²) in [4.78, 5) is 19.0. The third-order valence-electron chi connectivity index (χ3n) is 6.09. The lowest BCUT2D eigenvalue weighted by atomic mass is 9.87. The maximum atomic E-state index is 12.2. The molecule has 1 unspecified atom stereocenters. The van der Waals surface area contributed by atoms with Gasteiger partial charge in [0.25, 0.3) is 0 Å².